The lowest BCUT2D eigenvalue weighted by atomic mass is 10.1. The second kappa shape index (κ2) is 8.54. The van der Waals surface area contributed by atoms with E-state index >= 15 is 0 Å². The lowest BCUT2D eigenvalue weighted by molar-refractivity contribution is -0.138. The molecule has 1 heterocycles. The number of phenolic OH excluding ortho intramolecular Hbond substituents is 1. The van der Waals surface area contributed by atoms with Crippen LogP contribution >= 0.6 is 23.4 Å². The molecule has 0 atom stereocenters. The molecule has 0 spiro atoms. The Hall–Kier alpha value is -2.70. The van der Waals surface area contributed by atoms with Gasteiger partial charge in [0.15, 0.2) is 0 Å². The Bertz CT molecular complexity index is 1030. The number of aliphatic hydroxyl groups excluding tert-OH is 1. The van der Waals surface area contributed by atoms with Gasteiger partial charge in [-0.2, -0.15) is 0 Å². The molecular weight excluding hydrogens is 398 g/mol. The number of nitrogens with zero attached hydrogens (tertiary/aromatic N) is 1. The van der Waals surface area contributed by atoms with Crippen LogP contribution < -0.4 is 0 Å². The fourth-order valence-electron chi connectivity index (χ4n) is 2.57. The fourth-order valence-corrected chi connectivity index (χ4v) is 3.77. The van der Waals surface area contributed by atoms with Gasteiger partial charge in [-0.1, -0.05) is 47.1 Å². The average Bonchev–Trinajstić information content (AvgIpc) is 2.95. The summed E-state index contributed by atoms with van der Waals surface area (Å²) in [5.41, 5.74) is 1.93. The predicted octanol–water partition coefficient (Wildman–Crippen LogP) is 5.55. The summed E-state index contributed by atoms with van der Waals surface area (Å²) in [4.78, 5) is 17.3. The number of hydrogen-bond donors (Lipinski definition) is 2. The van der Waals surface area contributed by atoms with Crippen LogP contribution in [0, 0.1) is 6.92 Å². The fraction of sp³-hybridized carbons (Fsp3) is 0.143. The smallest absolute Gasteiger partial charge is 0.344 e. The molecule has 5 nitrogen and oxygen atoms in total. The molecule has 0 bridgehead atoms. The van der Waals surface area contributed by atoms with Crippen LogP contribution in [0.1, 0.15) is 18.1 Å². The molecule has 2 aromatic rings. The molecule has 1 aliphatic rings. The SMILES string of the molecule is CCOC(=O)C1=C(O)C(=Cc2cc(C)ccc2O)SC1=Nc1ccccc1Cl. The number of aliphatic hydroxyl groups is 1. The Morgan fingerprint density at radius 1 is 1.25 bits per heavy atom. The van der Waals surface area contributed by atoms with Crippen LogP contribution in [-0.4, -0.2) is 27.8 Å². The van der Waals surface area contributed by atoms with Gasteiger partial charge in [0, 0.05) is 5.56 Å². The average molecular weight is 416 g/mol. The van der Waals surface area contributed by atoms with E-state index in [4.69, 9.17) is 16.3 Å². The summed E-state index contributed by atoms with van der Waals surface area (Å²) < 4.78 is 5.08. The molecule has 0 aromatic heterocycles. The molecule has 0 saturated carbocycles. The first-order valence-corrected chi connectivity index (χ1v) is 9.73. The Balaban J connectivity index is 2.10. The topological polar surface area (TPSA) is 79.1 Å². The van der Waals surface area contributed by atoms with Gasteiger partial charge in [0.1, 0.15) is 22.1 Å². The van der Waals surface area contributed by atoms with Crippen LogP contribution in [0.3, 0.4) is 0 Å². The number of phenols is 1. The van der Waals surface area contributed by atoms with Crippen molar-refractivity contribution in [2.24, 2.45) is 4.99 Å². The highest BCUT2D eigenvalue weighted by atomic mass is 35.5. The van der Waals surface area contributed by atoms with Crippen molar-refractivity contribution in [2.75, 3.05) is 6.61 Å². The van der Waals surface area contributed by atoms with Gasteiger partial charge >= 0.3 is 5.97 Å². The maximum Gasteiger partial charge on any atom is 0.344 e. The number of rotatable bonds is 4. The molecule has 28 heavy (non-hydrogen) atoms. The van der Waals surface area contributed by atoms with Gasteiger partial charge in [-0.05, 0) is 44.2 Å². The predicted molar refractivity (Wildman–Crippen MR) is 113 cm³/mol. The number of carbonyl (C=O) groups is 1. The molecule has 2 N–H and O–H groups in total. The summed E-state index contributed by atoms with van der Waals surface area (Å²) in [6, 6.07) is 12.1. The number of benzene rings is 2. The van der Waals surface area contributed by atoms with E-state index in [0.717, 1.165) is 17.3 Å². The van der Waals surface area contributed by atoms with Gasteiger partial charge in [-0.15, -0.1) is 0 Å². The first kappa shape index (κ1) is 20.0. The number of thioether (sulfide) groups is 1. The van der Waals surface area contributed by atoms with Gasteiger partial charge in [0.25, 0.3) is 0 Å². The van der Waals surface area contributed by atoms with E-state index in [-0.39, 0.29) is 28.7 Å². The van der Waals surface area contributed by atoms with Gasteiger partial charge in [-0.3, -0.25) is 0 Å². The summed E-state index contributed by atoms with van der Waals surface area (Å²) in [6.45, 7) is 3.74. The molecule has 0 aliphatic carbocycles. The minimum absolute atomic E-state index is 0.0230. The molecule has 0 amide bonds. The van der Waals surface area contributed by atoms with E-state index in [2.05, 4.69) is 4.99 Å². The molecule has 144 valence electrons. The van der Waals surface area contributed by atoms with Crippen molar-refractivity contribution < 1.29 is 19.7 Å². The highest BCUT2D eigenvalue weighted by molar-refractivity contribution is 8.18. The van der Waals surface area contributed by atoms with Crippen LogP contribution in [0.15, 0.2) is 63.7 Å². The van der Waals surface area contributed by atoms with Crippen molar-refractivity contribution in [3.05, 3.63) is 74.9 Å². The molecule has 2 aromatic carbocycles. The number of para-hydroxylation sites is 1. The Labute approximate surface area is 172 Å². The summed E-state index contributed by atoms with van der Waals surface area (Å²) in [5.74, 6) is -0.842. The Kier molecular flexibility index (Phi) is 6.11. The van der Waals surface area contributed by atoms with E-state index in [1.165, 1.54) is 0 Å². The third kappa shape index (κ3) is 4.24. The second-order valence-electron chi connectivity index (χ2n) is 5.99. The van der Waals surface area contributed by atoms with Crippen LogP contribution in [0.2, 0.25) is 5.02 Å². The van der Waals surface area contributed by atoms with Gasteiger partial charge in [0.05, 0.1) is 22.2 Å². The maximum absolute atomic E-state index is 12.4. The molecule has 0 unspecified atom stereocenters. The van der Waals surface area contributed by atoms with E-state index in [1.54, 1.807) is 55.5 Å². The van der Waals surface area contributed by atoms with Crippen LogP contribution in [0.4, 0.5) is 5.69 Å². The highest BCUT2D eigenvalue weighted by Crippen LogP contribution is 2.41. The van der Waals surface area contributed by atoms with Gasteiger partial charge < -0.3 is 14.9 Å². The van der Waals surface area contributed by atoms with Gasteiger partial charge in [0.2, 0.25) is 0 Å². The Morgan fingerprint density at radius 2 is 2.00 bits per heavy atom. The van der Waals surface area contributed by atoms with Crippen LogP contribution in [-0.2, 0) is 9.53 Å². The van der Waals surface area contributed by atoms with Crippen molar-refractivity contribution in [1.82, 2.24) is 0 Å². The molecule has 3 rings (SSSR count). The van der Waals surface area contributed by atoms with Crippen molar-refractivity contribution >= 4 is 46.1 Å². The monoisotopic (exact) mass is 415 g/mol. The normalized spacial score (nSPS) is 16.8. The third-order valence-corrected chi connectivity index (χ3v) is 5.25. The van der Waals surface area contributed by atoms with E-state index in [0.29, 0.717) is 21.2 Å². The molecular formula is C21H18ClNO4S. The molecule has 0 radical (unpaired) electrons. The molecule has 0 fully saturated rings. The lowest BCUT2D eigenvalue weighted by Crippen LogP contribution is -2.12. The van der Waals surface area contributed by atoms with Crippen LogP contribution in [0.5, 0.6) is 5.75 Å². The third-order valence-electron chi connectivity index (χ3n) is 3.91. The Morgan fingerprint density at radius 3 is 2.71 bits per heavy atom. The zero-order chi connectivity index (χ0) is 20.3. The zero-order valence-corrected chi connectivity index (χ0v) is 16.8. The molecule has 0 saturated heterocycles. The summed E-state index contributed by atoms with van der Waals surface area (Å²) in [5, 5.41) is 21.5. The summed E-state index contributed by atoms with van der Waals surface area (Å²) >= 11 is 7.28. The lowest BCUT2D eigenvalue weighted by Gasteiger charge is -2.04. The van der Waals surface area contributed by atoms with Crippen molar-refractivity contribution in [3.8, 4) is 5.75 Å². The van der Waals surface area contributed by atoms with E-state index in [1.807, 2.05) is 6.92 Å². The van der Waals surface area contributed by atoms with Crippen LogP contribution in [0.25, 0.3) is 6.08 Å². The highest BCUT2D eigenvalue weighted by Gasteiger charge is 2.33. The number of aryl methyl sites for hydroxylation is 1. The van der Waals surface area contributed by atoms with E-state index < -0.39 is 5.97 Å². The number of halogens is 1. The largest absolute Gasteiger partial charge is 0.507 e. The number of aliphatic imine (C=N–C) groups is 1. The quantitative estimate of drug-likeness (QED) is 0.640. The molecule has 1 aliphatic heterocycles. The summed E-state index contributed by atoms with van der Waals surface area (Å²) in [7, 11) is 0. The van der Waals surface area contributed by atoms with Gasteiger partial charge in [-0.25, -0.2) is 9.79 Å². The number of hydrogen-bond acceptors (Lipinski definition) is 6. The van der Waals surface area contributed by atoms with E-state index in [9.17, 15) is 15.0 Å². The van der Waals surface area contributed by atoms with Crippen molar-refractivity contribution in [1.29, 1.82) is 0 Å². The van der Waals surface area contributed by atoms with Crippen molar-refractivity contribution in [2.45, 2.75) is 13.8 Å². The summed E-state index contributed by atoms with van der Waals surface area (Å²) in [6.07, 6.45) is 1.61. The second-order valence-corrected chi connectivity index (χ2v) is 7.42. The standard InChI is InChI=1S/C21H18ClNO4S/c1-3-27-21(26)18-19(25)17(11-13-10-12(2)8-9-16(13)24)28-20(18)23-15-7-5-4-6-14(15)22/h4-11,24-25H,3H2,1-2H3. The number of esters is 1. The minimum Gasteiger partial charge on any atom is -0.507 e. The zero-order valence-electron chi connectivity index (χ0n) is 15.3. The molecule has 7 heteroatoms. The maximum atomic E-state index is 12.4. The number of ether oxygens (including phenoxy) is 1. The number of carbonyl (C=O) groups excluding carboxylic acids is 1. The first-order chi connectivity index (χ1) is 13.4. The number of aromatic hydroxyl groups is 1. The van der Waals surface area contributed by atoms with Crippen molar-refractivity contribution in [3.63, 3.8) is 0 Å². The first-order valence-electron chi connectivity index (χ1n) is 8.54. The minimum atomic E-state index is -0.671.